The molecule has 1 atom stereocenters. The third kappa shape index (κ3) is 2.92. The Morgan fingerprint density at radius 2 is 1.91 bits per heavy atom. The van der Waals surface area contributed by atoms with Crippen molar-refractivity contribution in [2.45, 2.75) is 77.7 Å². The Balaban J connectivity index is 1.97. The second kappa shape index (κ2) is 4.90. The van der Waals surface area contributed by atoms with Crippen LogP contribution in [-0.4, -0.2) is 37.0 Å². The average molecular weight is 317 g/mol. The van der Waals surface area contributed by atoms with E-state index in [1.807, 2.05) is 10.9 Å². The van der Waals surface area contributed by atoms with E-state index in [1.165, 1.54) is 0 Å². The van der Waals surface area contributed by atoms with Gasteiger partial charge >= 0.3 is 0 Å². The Bertz CT molecular complexity index is 726. The molecule has 3 rings (SSSR count). The van der Waals surface area contributed by atoms with E-state index >= 15 is 0 Å². The Kier molecular flexibility index (Phi) is 3.45. The molecule has 126 valence electrons. The van der Waals surface area contributed by atoms with Crippen LogP contribution in [-0.2, 0) is 10.3 Å². The van der Waals surface area contributed by atoms with Crippen molar-refractivity contribution in [2.24, 2.45) is 0 Å². The molecule has 0 saturated carbocycles. The third-order valence-electron chi connectivity index (χ3n) is 4.39. The molecule has 1 saturated heterocycles. The molecule has 1 N–H and O–H groups in total. The van der Waals surface area contributed by atoms with Crippen molar-refractivity contribution in [1.29, 1.82) is 0 Å². The first kappa shape index (κ1) is 16.2. The number of ether oxygens (including phenoxy) is 1. The van der Waals surface area contributed by atoms with Gasteiger partial charge in [-0.2, -0.15) is 5.10 Å². The van der Waals surface area contributed by atoms with Crippen LogP contribution in [0, 0.1) is 0 Å². The van der Waals surface area contributed by atoms with Crippen molar-refractivity contribution in [2.75, 3.05) is 5.32 Å². The van der Waals surface area contributed by atoms with Crippen LogP contribution in [0.15, 0.2) is 12.5 Å². The first-order valence-corrected chi connectivity index (χ1v) is 8.16. The molecule has 2 aromatic heterocycles. The second-order valence-electron chi connectivity index (χ2n) is 8.55. The second-order valence-corrected chi connectivity index (χ2v) is 8.55. The summed E-state index contributed by atoms with van der Waals surface area (Å²) in [6.45, 7) is 14.8. The Morgan fingerprint density at radius 1 is 1.22 bits per heavy atom. The maximum atomic E-state index is 6.17. The van der Waals surface area contributed by atoms with Crippen LogP contribution < -0.4 is 5.32 Å². The van der Waals surface area contributed by atoms with E-state index in [0.717, 1.165) is 23.3 Å². The van der Waals surface area contributed by atoms with E-state index in [-0.39, 0.29) is 22.8 Å². The average Bonchev–Trinajstić information content (AvgIpc) is 2.88. The van der Waals surface area contributed by atoms with Gasteiger partial charge in [0.05, 0.1) is 34.4 Å². The molecule has 0 amide bonds. The molecule has 0 spiro atoms. The Morgan fingerprint density at radius 3 is 2.48 bits per heavy atom. The fourth-order valence-corrected chi connectivity index (χ4v) is 3.40. The minimum atomic E-state index is -0.249. The third-order valence-corrected chi connectivity index (χ3v) is 4.39. The lowest BCUT2D eigenvalue weighted by Crippen LogP contribution is -2.38. The van der Waals surface area contributed by atoms with Gasteiger partial charge in [0.25, 0.3) is 0 Å². The number of fused-ring (bicyclic) bond motifs is 1. The number of rotatable bonds is 2. The van der Waals surface area contributed by atoms with Crippen LogP contribution in [0.5, 0.6) is 0 Å². The molecule has 0 radical (unpaired) electrons. The molecule has 2 aromatic rings. The predicted molar refractivity (Wildman–Crippen MR) is 91.6 cm³/mol. The van der Waals surface area contributed by atoms with Gasteiger partial charge in [-0.15, -0.1) is 0 Å². The Labute approximate surface area is 137 Å². The molecule has 0 bridgehead atoms. The predicted octanol–water partition coefficient (Wildman–Crippen LogP) is 3.34. The number of anilines is 1. The first-order chi connectivity index (χ1) is 10.5. The van der Waals surface area contributed by atoms with Gasteiger partial charge in [0, 0.05) is 0 Å². The fourth-order valence-electron chi connectivity index (χ4n) is 3.40. The molecule has 6 heteroatoms. The summed E-state index contributed by atoms with van der Waals surface area (Å²) in [5, 5.41) is 9.02. The number of nitrogens with one attached hydrogen (secondary N) is 1. The molecule has 0 aliphatic carbocycles. The van der Waals surface area contributed by atoms with Crippen molar-refractivity contribution in [3.63, 3.8) is 0 Å². The van der Waals surface area contributed by atoms with E-state index in [2.05, 4.69) is 68.8 Å². The highest BCUT2D eigenvalue weighted by molar-refractivity contribution is 5.86. The zero-order valence-corrected chi connectivity index (χ0v) is 15.1. The van der Waals surface area contributed by atoms with Gasteiger partial charge in [0.1, 0.15) is 12.1 Å². The summed E-state index contributed by atoms with van der Waals surface area (Å²) in [7, 11) is 0. The minimum absolute atomic E-state index is 0.120. The zero-order chi connectivity index (χ0) is 17.0. The summed E-state index contributed by atoms with van der Waals surface area (Å²) >= 11 is 0. The maximum absolute atomic E-state index is 6.17. The van der Waals surface area contributed by atoms with Crippen LogP contribution in [0.4, 0.5) is 5.82 Å². The van der Waals surface area contributed by atoms with E-state index in [9.17, 15) is 0 Å². The summed E-state index contributed by atoms with van der Waals surface area (Å²) in [5.41, 5.74) is 0.348. The molecule has 1 fully saturated rings. The van der Waals surface area contributed by atoms with E-state index < -0.39 is 0 Å². The molecule has 1 aliphatic heterocycles. The summed E-state index contributed by atoms with van der Waals surface area (Å²) < 4.78 is 8.11. The number of nitrogens with zero attached hydrogens (tertiary/aromatic N) is 4. The zero-order valence-electron chi connectivity index (χ0n) is 15.1. The highest BCUT2D eigenvalue weighted by Gasteiger charge is 2.46. The maximum Gasteiger partial charge on any atom is 0.163 e. The van der Waals surface area contributed by atoms with Crippen molar-refractivity contribution in [1.82, 2.24) is 19.7 Å². The highest BCUT2D eigenvalue weighted by atomic mass is 16.5. The number of hydrogen-bond acceptors (Lipinski definition) is 5. The van der Waals surface area contributed by atoms with Gasteiger partial charge in [-0.25, -0.2) is 14.6 Å². The standard InChI is InChI=1S/C17H27N5O/c1-15(2,3)22-14-11(9-20-22)13(18-10-19-14)21-12-8-16(4,5)23-17(12,6)7/h9-10,12H,8H2,1-7H3,(H,18,19,21). The molecule has 6 nitrogen and oxygen atoms in total. The van der Waals surface area contributed by atoms with Crippen LogP contribution in [0.2, 0.25) is 0 Å². The number of aromatic nitrogens is 4. The molecule has 23 heavy (non-hydrogen) atoms. The van der Waals surface area contributed by atoms with Crippen LogP contribution >= 0.6 is 0 Å². The highest BCUT2D eigenvalue weighted by Crippen LogP contribution is 2.39. The van der Waals surface area contributed by atoms with Gasteiger partial charge < -0.3 is 10.1 Å². The lowest BCUT2D eigenvalue weighted by molar-refractivity contribution is -0.0662. The number of hydrogen-bond donors (Lipinski definition) is 1. The van der Waals surface area contributed by atoms with Crippen LogP contribution in [0.3, 0.4) is 0 Å². The summed E-state index contributed by atoms with van der Waals surface area (Å²) in [6, 6.07) is 0.189. The van der Waals surface area contributed by atoms with E-state index in [4.69, 9.17) is 4.74 Å². The smallest absolute Gasteiger partial charge is 0.163 e. The van der Waals surface area contributed by atoms with E-state index in [1.54, 1.807) is 6.33 Å². The summed E-state index contributed by atoms with van der Waals surface area (Å²) in [6.07, 6.45) is 4.37. The van der Waals surface area contributed by atoms with Crippen molar-refractivity contribution >= 4 is 16.9 Å². The molecule has 1 aliphatic rings. The normalized spacial score (nSPS) is 23.3. The SMILES string of the molecule is CC1(C)CC(Nc2ncnc3c2cnn3C(C)(C)C)C(C)(C)O1. The summed E-state index contributed by atoms with van der Waals surface area (Å²) in [5.74, 6) is 0.824. The van der Waals surface area contributed by atoms with Crippen molar-refractivity contribution in [3.8, 4) is 0 Å². The van der Waals surface area contributed by atoms with Gasteiger partial charge in [0.15, 0.2) is 5.65 Å². The quantitative estimate of drug-likeness (QED) is 0.920. The largest absolute Gasteiger partial charge is 0.367 e. The molecule has 0 aromatic carbocycles. The minimum Gasteiger partial charge on any atom is -0.367 e. The fraction of sp³-hybridized carbons (Fsp3) is 0.706. The van der Waals surface area contributed by atoms with Gasteiger partial charge in [0.2, 0.25) is 0 Å². The molecule has 3 heterocycles. The van der Waals surface area contributed by atoms with Crippen LogP contribution in [0.25, 0.3) is 11.0 Å². The lowest BCUT2D eigenvalue weighted by Gasteiger charge is -2.28. The molecular weight excluding hydrogens is 290 g/mol. The Hall–Kier alpha value is -1.69. The first-order valence-electron chi connectivity index (χ1n) is 8.16. The van der Waals surface area contributed by atoms with Crippen molar-refractivity contribution in [3.05, 3.63) is 12.5 Å². The topological polar surface area (TPSA) is 64.9 Å². The lowest BCUT2D eigenvalue weighted by atomic mass is 9.94. The summed E-state index contributed by atoms with van der Waals surface area (Å²) in [4.78, 5) is 8.87. The van der Waals surface area contributed by atoms with E-state index in [0.29, 0.717) is 0 Å². The van der Waals surface area contributed by atoms with Gasteiger partial charge in [-0.3, -0.25) is 0 Å². The van der Waals surface area contributed by atoms with Crippen LogP contribution in [0.1, 0.15) is 54.9 Å². The molecule has 1 unspecified atom stereocenters. The van der Waals surface area contributed by atoms with Crippen molar-refractivity contribution < 1.29 is 4.74 Å². The monoisotopic (exact) mass is 317 g/mol. The van der Waals surface area contributed by atoms with Gasteiger partial charge in [-0.1, -0.05) is 0 Å². The van der Waals surface area contributed by atoms with Gasteiger partial charge in [-0.05, 0) is 54.9 Å². The molecular formula is C17H27N5O.